The number of aromatic nitrogens is 1. The summed E-state index contributed by atoms with van der Waals surface area (Å²) in [6.45, 7) is 7.13. The molecular weight excluding hydrogens is 306 g/mol. The first-order valence-corrected chi connectivity index (χ1v) is 8.80. The summed E-state index contributed by atoms with van der Waals surface area (Å²) in [7, 11) is 0. The minimum Gasteiger partial charge on any atom is -0.380 e. The third-order valence-corrected chi connectivity index (χ3v) is 5.61. The van der Waals surface area contributed by atoms with Gasteiger partial charge in [0.1, 0.15) is 0 Å². The lowest BCUT2D eigenvalue weighted by molar-refractivity contribution is -0.138. The molecule has 3 aliphatic heterocycles. The van der Waals surface area contributed by atoms with Crippen LogP contribution in [0.15, 0.2) is 24.5 Å². The average Bonchev–Trinajstić information content (AvgIpc) is 3.12. The fourth-order valence-corrected chi connectivity index (χ4v) is 4.29. The third-order valence-electron chi connectivity index (χ3n) is 5.61. The number of ether oxygens (including phenoxy) is 2. The molecule has 0 bridgehead atoms. The van der Waals surface area contributed by atoms with E-state index >= 15 is 0 Å². The molecule has 24 heavy (non-hydrogen) atoms. The van der Waals surface area contributed by atoms with Crippen molar-refractivity contribution in [2.75, 3.05) is 52.6 Å². The molecule has 1 aromatic heterocycles. The van der Waals surface area contributed by atoms with Crippen LogP contribution >= 0.6 is 0 Å². The lowest BCUT2D eigenvalue weighted by atomic mass is 9.77. The van der Waals surface area contributed by atoms with Crippen LogP contribution in [0.25, 0.3) is 0 Å². The number of hydrogen-bond donors (Lipinski definition) is 0. The van der Waals surface area contributed by atoms with E-state index in [1.807, 2.05) is 17.3 Å². The van der Waals surface area contributed by atoms with Gasteiger partial charge in [0, 0.05) is 62.9 Å². The number of likely N-dealkylation sites (tertiary alicyclic amines) is 1. The molecule has 4 heterocycles. The summed E-state index contributed by atoms with van der Waals surface area (Å²) in [5, 5.41) is 0. The van der Waals surface area contributed by atoms with Crippen LogP contribution in [0.3, 0.4) is 0 Å². The minimum atomic E-state index is -0.0115. The zero-order valence-corrected chi connectivity index (χ0v) is 14.0. The molecule has 0 aliphatic carbocycles. The van der Waals surface area contributed by atoms with Gasteiger partial charge in [-0.15, -0.1) is 0 Å². The van der Waals surface area contributed by atoms with Crippen LogP contribution in [-0.2, 0) is 20.8 Å². The van der Waals surface area contributed by atoms with Gasteiger partial charge in [-0.3, -0.25) is 14.7 Å². The topological polar surface area (TPSA) is 54.9 Å². The van der Waals surface area contributed by atoms with E-state index in [-0.39, 0.29) is 11.3 Å². The number of pyridine rings is 1. The molecule has 1 amide bonds. The van der Waals surface area contributed by atoms with Crippen molar-refractivity contribution < 1.29 is 14.3 Å². The Bertz CT molecular complexity index is 576. The number of morpholine rings is 1. The summed E-state index contributed by atoms with van der Waals surface area (Å²) in [5.74, 6) is 0.726. The molecule has 0 spiro atoms. The number of carbonyl (C=O) groups excluding carboxylic acids is 1. The number of fused-ring (bicyclic) bond motifs is 1. The molecule has 6 nitrogen and oxygen atoms in total. The Labute approximate surface area is 142 Å². The largest absolute Gasteiger partial charge is 0.380 e. The molecule has 6 heteroatoms. The van der Waals surface area contributed by atoms with E-state index in [0.29, 0.717) is 32.2 Å². The first-order valence-electron chi connectivity index (χ1n) is 8.80. The van der Waals surface area contributed by atoms with Crippen molar-refractivity contribution in [2.45, 2.75) is 13.0 Å². The van der Waals surface area contributed by atoms with E-state index in [0.717, 1.165) is 39.3 Å². The Morgan fingerprint density at radius 3 is 2.83 bits per heavy atom. The number of nitrogens with zero attached hydrogens (tertiary/aromatic N) is 3. The Morgan fingerprint density at radius 2 is 2.04 bits per heavy atom. The number of carbonyl (C=O) groups is 1. The van der Waals surface area contributed by atoms with Gasteiger partial charge in [0.25, 0.3) is 0 Å². The summed E-state index contributed by atoms with van der Waals surface area (Å²) in [6, 6.07) is 4.13. The summed E-state index contributed by atoms with van der Waals surface area (Å²) in [6.07, 6.45) is 4.28. The second-order valence-corrected chi connectivity index (χ2v) is 7.27. The summed E-state index contributed by atoms with van der Waals surface area (Å²) >= 11 is 0. The number of hydrogen-bond acceptors (Lipinski definition) is 5. The van der Waals surface area contributed by atoms with Gasteiger partial charge < -0.3 is 14.4 Å². The van der Waals surface area contributed by atoms with E-state index in [1.54, 1.807) is 0 Å². The molecule has 2 atom stereocenters. The molecular formula is C18H25N3O3. The standard InChI is InChI=1S/C18H25N3O3/c22-17(21-5-7-23-8-6-21)9-18-13-20(11-16(18)12-24-14-18)10-15-1-3-19-4-2-15/h1-4,16H,5-14H2/t16-,18+/m0/s1. The van der Waals surface area contributed by atoms with Gasteiger partial charge in [-0.1, -0.05) is 0 Å². The molecule has 4 rings (SSSR count). The Balaban J connectivity index is 1.41. The van der Waals surface area contributed by atoms with E-state index in [2.05, 4.69) is 22.0 Å². The molecule has 130 valence electrons. The third kappa shape index (κ3) is 3.18. The highest BCUT2D eigenvalue weighted by molar-refractivity contribution is 5.77. The molecule has 3 saturated heterocycles. The molecule has 1 aromatic rings. The summed E-state index contributed by atoms with van der Waals surface area (Å²) < 4.78 is 11.1. The monoisotopic (exact) mass is 331 g/mol. The van der Waals surface area contributed by atoms with Crippen molar-refractivity contribution in [3.05, 3.63) is 30.1 Å². The van der Waals surface area contributed by atoms with Crippen molar-refractivity contribution in [1.82, 2.24) is 14.8 Å². The maximum Gasteiger partial charge on any atom is 0.223 e. The zero-order valence-electron chi connectivity index (χ0n) is 14.0. The Hall–Kier alpha value is -1.50. The maximum absolute atomic E-state index is 12.7. The van der Waals surface area contributed by atoms with Gasteiger partial charge in [0.05, 0.1) is 26.4 Å². The van der Waals surface area contributed by atoms with Crippen LogP contribution in [0, 0.1) is 11.3 Å². The van der Waals surface area contributed by atoms with E-state index < -0.39 is 0 Å². The molecule has 0 N–H and O–H groups in total. The van der Waals surface area contributed by atoms with Gasteiger partial charge in [-0.05, 0) is 17.7 Å². The predicted molar refractivity (Wildman–Crippen MR) is 88.3 cm³/mol. The second kappa shape index (κ2) is 6.78. The fraction of sp³-hybridized carbons (Fsp3) is 0.667. The van der Waals surface area contributed by atoms with Gasteiger partial charge in [0.2, 0.25) is 5.91 Å². The fourth-order valence-electron chi connectivity index (χ4n) is 4.29. The first-order chi connectivity index (χ1) is 11.8. The lowest BCUT2D eigenvalue weighted by Gasteiger charge is -2.32. The second-order valence-electron chi connectivity index (χ2n) is 7.27. The maximum atomic E-state index is 12.7. The van der Waals surface area contributed by atoms with Gasteiger partial charge >= 0.3 is 0 Å². The molecule has 0 radical (unpaired) electrons. The number of rotatable bonds is 4. The van der Waals surface area contributed by atoms with E-state index in [9.17, 15) is 4.79 Å². The lowest BCUT2D eigenvalue weighted by Crippen LogP contribution is -2.44. The van der Waals surface area contributed by atoms with E-state index in [4.69, 9.17) is 9.47 Å². The van der Waals surface area contributed by atoms with Crippen molar-refractivity contribution in [1.29, 1.82) is 0 Å². The highest BCUT2D eigenvalue weighted by Crippen LogP contribution is 2.44. The molecule has 3 aliphatic rings. The van der Waals surface area contributed by atoms with Crippen LogP contribution in [0.2, 0.25) is 0 Å². The van der Waals surface area contributed by atoms with Crippen molar-refractivity contribution >= 4 is 5.91 Å². The molecule has 3 fully saturated rings. The van der Waals surface area contributed by atoms with Crippen molar-refractivity contribution in [3.63, 3.8) is 0 Å². The van der Waals surface area contributed by atoms with Gasteiger partial charge in [0.15, 0.2) is 0 Å². The SMILES string of the molecule is O=C(C[C@@]12COC[C@@H]1CN(Cc1ccncc1)C2)N1CCOCC1. The Morgan fingerprint density at radius 1 is 1.25 bits per heavy atom. The van der Waals surface area contributed by atoms with Crippen LogP contribution in [0.5, 0.6) is 0 Å². The summed E-state index contributed by atoms with van der Waals surface area (Å²) in [4.78, 5) is 21.3. The van der Waals surface area contributed by atoms with Gasteiger partial charge in [-0.2, -0.15) is 0 Å². The summed E-state index contributed by atoms with van der Waals surface area (Å²) in [5.41, 5.74) is 1.27. The molecule has 0 unspecified atom stereocenters. The average molecular weight is 331 g/mol. The minimum absolute atomic E-state index is 0.0115. The molecule has 0 saturated carbocycles. The zero-order chi connectivity index (χ0) is 16.4. The molecule has 0 aromatic carbocycles. The first kappa shape index (κ1) is 16.0. The normalized spacial score (nSPS) is 30.5. The van der Waals surface area contributed by atoms with Crippen LogP contribution in [-0.4, -0.2) is 73.3 Å². The van der Waals surface area contributed by atoms with Crippen LogP contribution in [0.1, 0.15) is 12.0 Å². The van der Waals surface area contributed by atoms with Crippen LogP contribution < -0.4 is 0 Å². The quantitative estimate of drug-likeness (QED) is 0.816. The van der Waals surface area contributed by atoms with Gasteiger partial charge in [-0.25, -0.2) is 0 Å². The van der Waals surface area contributed by atoms with Crippen molar-refractivity contribution in [2.24, 2.45) is 11.3 Å². The number of amides is 1. The van der Waals surface area contributed by atoms with E-state index in [1.165, 1.54) is 5.56 Å². The highest BCUT2D eigenvalue weighted by atomic mass is 16.5. The predicted octanol–water partition coefficient (Wildman–Crippen LogP) is 0.779. The Kier molecular flexibility index (Phi) is 4.52. The van der Waals surface area contributed by atoms with Crippen LogP contribution in [0.4, 0.5) is 0 Å². The smallest absolute Gasteiger partial charge is 0.223 e. The highest BCUT2D eigenvalue weighted by Gasteiger charge is 2.51. The van der Waals surface area contributed by atoms with Crippen molar-refractivity contribution in [3.8, 4) is 0 Å².